The van der Waals surface area contributed by atoms with E-state index in [-0.39, 0.29) is 0 Å². The smallest absolute Gasteiger partial charge is 0.131 e. The summed E-state index contributed by atoms with van der Waals surface area (Å²) in [6.07, 6.45) is 1.76. The van der Waals surface area contributed by atoms with Crippen molar-refractivity contribution in [1.82, 2.24) is 4.98 Å². The molecule has 0 saturated carbocycles. The molecule has 3 nitrogen and oxygen atoms in total. The Morgan fingerprint density at radius 1 is 0.818 bits per heavy atom. The van der Waals surface area contributed by atoms with Crippen LogP contribution < -0.4 is 9.47 Å². The van der Waals surface area contributed by atoms with Gasteiger partial charge in [0.05, 0.1) is 12.8 Å². The molecular formula is C19H17NO2. The first-order chi connectivity index (χ1) is 10.8. The maximum absolute atomic E-state index is 5.86. The Hall–Kier alpha value is -2.81. The van der Waals surface area contributed by atoms with Crippen molar-refractivity contribution in [3.8, 4) is 28.5 Å². The normalized spacial score (nSPS) is 10.3. The van der Waals surface area contributed by atoms with Crippen LogP contribution >= 0.6 is 0 Å². The maximum Gasteiger partial charge on any atom is 0.131 e. The van der Waals surface area contributed by atoms with Gasteiger partial charge in [-0.15, -0.1) is 0 Å². The molecule has 0 aliphatic carbocycles. The molecule has 0 aliphatic heterocycles. The summed E-state index contributed by atoms with van der Waals surface area (Å²) in [6.45, 7) is 2.05. The fraction of sp³-hybridized carbons (Fsp3) is 0.105. The molecule has 110 valence electrons. The molecule has 2 aromatic carbocycles. The zero-order valence-electron chi connectivity index (χ0n) is 12.6. The molecule has 0 fully saturated rings. The van der Waals surface area contributed by atoms with E-state index in [1.165, 1.54) is 0 Å². The number of hydrogen-bond donors (Lipinski definition) is 0. The number of benzene rings is 2. The average Bonchev–Trinajstić information content (AvgIpc) is 2.56. The molecule has 1 aromatic heterocycles. The SMILES string of the molecule is COc1ccc(-c2cc(Oc3ccccc3)ccn2)c(C)c1. The lowest BCUT2D eigenvalue weighted by atomic mass is 10.0. The van der Waals surface area contributed by atoms with Gasteiger partial charge in [-0.05, 0) is 48.9 Å². The molecular weight excluding hydrogens is 274 g/mol. The minimum absolute atomic E-state index is 0.770. The Bertz CT molecular complexity index is 769. The van der Waals surface area contributed by atoms with Gasteiger partial charge < -0.3 is 9.47 Å². The number of pyridine rings is 1. The van der Waals surface area contributed by atoms with E-state index in [0.717, 1.165) is 34.1 Å². The summed E-state index contributed by atoms with van der Waals surface area (Å²) in [6, 6.07) is 19.5. The molecule has 0 bridgehead atoms. The molecule has 0 saturated heterocycles. The van der Waals surface area contributed by atoms with Crippen molar-refractivity contribution in [2.75, 3.05) is 7.11 Å². The Labute approximate surface area is 130 Å². The van der Waals surface area contributed by atoms with E-state index in [9.17, 15) is 0 Å². The van der Waals surface area contributed by atoms with Crippen LogP contribution in [-0.2, 0) is 0 Å². The lowest BCUT2D eigenvalue weighted by Crippen LogP contribution is -1.91. The van der Waals surface area contributed by atoms with E-state index in [1.807, 2.05) is 67.6 Å². The highest BCUT2D eigenvalue weighted by Gasteiger charge is 2.06. The average molecular weight is 291 g/mol. The van der Waals surface area contributed by atoms with Crippen molar-refractivity contribution < 1.29 is 9.47 Å². The molecule has 3 heteroatoms. The van der Waals surface area contributed by atoms with E-state index in [2.05, 4.69) is 4.98 Å². The van der Waals surface area contributed by atoms with Crippen molar-refractivity contribution in [3.05, 3.63) is 72.4 Å². The second kappa shape index (κ2) is 6.31. The predicted octanol–water partition coefficient (Wildman–Crippen LogP) is 4.86. The standard InChI is InChI=1S/C19H17NO2/c1-14-12-16(21-2)8-9-18(14)19-13-17(10-11-20-19)22-15-6-4-3-5-7-15/h3-13H,1-2H3. The number of aryl methyl sites for hydroxylation is 1. The zero-order valence-corrected chi connectivity index (χ0v) is 12.6. The maximum atomic E-state index is 5.86. The van der Waals surface area contributed by atoms with E-state index in [1.54, 1.807) is 13.3 Å². The minimum atomic E-state index is 0.770. The van der Waals surface area contributed by atoms with Crippen molar-refractivity contribution in [2.24, 2.45) is 0 Å². The van der Waals surface area contributed by atoms with Crippen molar-refractivity contribution in [1.29, 1.82) is 0 Å². The highest BCUT2D eigenvalue weighted by Crippen LogP contribution is 2.29. The lowest BCUT2D eigenvalue weighted by Gasteiger charge is -2.10. The number of ether oxygens (including phenoxy) is 2. The van der Waals surface area contributed by atoms with Gasteiger partial charge in [0.2, 0.25) is 0 Å². The van der Waals surface area contributed by atoms with Crippen LogP contribution in [0.3, 0.4) is 0 Å². The first-order valence-corrected chi connectivity index (χ1v) is 7.10. The molecule has 0 spiro atoms. The van der Waals surface area contributed by atoms with E-state index in [0.29, 0.717) is 0 Å². The largest absolute Gasteiger partial charge is 0.497 e. The van der Waals surface area contributed by atoms with Gasteiger partial charge in [-0.2, -0.15) is 0 Å². The van der Waals surface area contributed by atoms with Crippen LogP contribution in [0.2, 0.25) is 0 Å². The predicted molar refractivity (Wildman–Crippen MR) is 87.5 cm³/mol. The highest BCUT2D eigenvalue weighted by atomic mass is 16.5. The van der Waals surface area contributed by atoms with Gasteiger partial charge in [0.15, 0.2) is 0 Å². The Morgan fingerprint density at radius 3 is 2.36 bits per heavy atom. The van der Waals surface area contributed by atoms with Crippen molar-refractivity contribution >= 4 is 0 Å². The molecule has 0 N–H and O–H groups in total. The third-order valence-electron chi connectivity index (χ3n) is 3.42. The molecule has 3 aromatic rings. The molecule has 3 rings (SSSR count). The topological polar surface area (TPSA) is 31.4 Å². The van der Waals surface area contributed by atoms with Crippen LogP contribution in [0.25, 0.3) is 11.3 Å². The van der Waals surface area contributed by atoms with Gasteiger partial charge >= 0.3 is 0 Å². The summed E-state index contributed by atoms with van der Waals surface area (Å²) in [5.41, 5.74) is 3.07. The number of hydrogen-bond acceptors (Lipinski definition) is 3. The van der Waals surface area contributed by atoms with Crippen LogP contribution in [0.15, 0.2) is 66.9 Å². The third-order valence-corrected chi connectivity index (χ3v) is 3.42. The first-order valence-electron chi connectivity index (χ1n) is 7.10. The summed E-state index contributed by atoms with van der Waals surface area (Å²) in [7, 11) is 1.67. The van der Waals surface area contributed by atoms with Gasteiger partial charge in [-0.3, -0.25) is 4.98 Å². The Kier molecular flexibility index (Phi) is 4.05. The van der Waals surface area contributed by atoms with Gasteiger partial charge in [0.1, 0.15) is 17.2 Å². The second-order valence-corrected chi connectivity index (χ2v) is 4.97. The number of nitrogens with zero attached hydrogens (tertiary/aromatic N) is 1. The third kappa shape index (κ3) is 3.09. The number of aromatic nitrogens is 1. The number of methoxy groups -OCH3 is 1. The van der Waals surface area contributed by atoms with Crippen molar-refractivity contribution in [2.45, 2.75) is 6.92 Å². The van der Waals surface area contributed by atoms with Crippen LogP contribution in [-0.4, -0.2) is 12.1 Å². The van der Waals surface area contributed by atoms with Crippen LogP contribution in [0.5, 0.6) is 17.2 Å². The Morgan fingerprint density at radius 2 is 1.64 bits per heavy atom. The van der Waals surface area contributed by atoms with Crippen molar-refractivity contribution in [3.63, 3.8) is 0 Å². The Balaban J connectivity index is 1.91. The quantitative estimate of drug-likeness (QED) is 0.688. The van der Waals surface area contributed by atoms with Gasteiger partial charge in [0.25, 0.3) is 0 Å². The molecule has 0 unspecified atom stereocenters. The monoisotopic (exact) mass is 291 g/mol. The molecule has 0 radical (unpaired) electrons. The van der Waals surface area contributed by atoms with Crippen LogP contribution in [0, 0.1) is 6.92 Å². The summed E-state index contributed by atoms with van der Waals surface area (Å²) in [5.74, 6) is 2.43. The number of rotatable bonds is 4. The summed E-state index contributed by atoms with van der Waals surface area (Å²) in [5, 5.41) is 0. The van der Waals surface area contributed by atoms with Gasteiger partial charge in [-0.25, -0.2) is 0 Å². The van der Waals surface area contributed by atoms with E-state index in [4.69, 9.17) is 9.47 Å². The zero-order chi connectivity index (χ0) is 15.4. The van der Waals surface area contributed by atoms with E-state index < -0.39 is 0 Å². The number of para-hydroxylation sites is 1. The molecule has 22 heavy (non-hydrogen) atoms. The second-order valence-electron chi connectivity index (χ2n) is 4.97. The molecule has 0 atom stereocenters. The van der Waals surface area contributed by atoms with Gasteiger partial charge in [0, 0.05) is 17.8 Å². The molecule has 1 heterocycles. The highest BCUT2D eigenvalue weighted by molar-refractivity contribution is 5.65. The summed E-state index contributed by atoms with van der Waals surface area (Å²) in [4.78, 5) is 4.45. The summed E-state index contributed by atoms with van der Waals surface area (Å²) < 4.78 is 11.1. The van der Waals surface area contributed by atoms with Gasteiger partial charge in [-0.1, -0.05) is 18.2 Å². The molecule has 0 aliphatic rings. The first kappa shape index (κ1) is 14.1. The van der Waals surface area contributed by atoms with Crippen LogP contribution in [0.4, 0.5) is 0 Å². The van der Waals surface area contributed by atoms with Crippen LogP contribution in [0.1, 0.15) is 5.56 Å². The molecule has 0 amide bonds. The fourth-order valence-electron chi connectivity index (χ4n) is 2.30. The summed E-state index contributed by atoms with van der Waals surface area (Å²) >= 11 is 0. The fourth-order valence-corrected chi connectivity index (χ4v) is 2.30. The lowest BCUT2D eigenvalue weighted by molar-refractivity contribution is 0.414. The van der Waals surface area contributed by atoms with E-state index >= 15 is 0 Å². The minimum Gasteiger partial charge on any atom is -0.497 e.